The lowest BCUT2D eigenvalue weighted by atomic mass is 9.78. The molecule has 0 bridgehead atoms. The Kier molecular flexibility index (Phi) is 3.14. The van der Waals surface area contributed by atoms with E-state index in [1.54, 1.807) is 18.4 Å². The summed E-state index contributed by atoms with van der Waals surface area (Å²) in [7, 11) is 1.74. The third-order valence-corrected chi connectivity index (χ3v) is 4.96. The minimum atomic E-state index is -0.719. The number of hydrogen-bond donors (Lipinski definition) is 1. The lowest BCUT2D eigenvalue weighted by molar-refractivity contribution is -0.0621. The van der Waals surface area contributed by atoms with Crippen molar-refractivity contribution in [3.63, 3.8) is 0 Å². The molecule has 1 saturated carbocycles. The predicted molar refractivity (Wildman–Crippen MR) is 75.0 cm³/mol. The van der Waals surface area contributed by atoms with Gasteiger partial charge in [-0.05, 0) is 36.1 Å². The summed E-state index contributed by atoms with van der Waals surface area (Å²) in [6.07, 6.45) is 3.80. The molecule has 0 spiro atoms. The van der Waals surface area contributed by atoms with E-state index in [0.29, 0.717) is 6.42 Å². The van der Waals surface area contributed by atoms with Gasteiger partial charge in [0.05, 0.1) is 11.7 Å². The Morgan fingerprint density at radius 3 is 3.11 bits per heavy atom. The Labute approximate surface area is 111 Å². The van der Waals surface area contributed by atoms with Crippen molar-refractivity contribution in [1.82, 2.24) is 0 Å². The first kappa shape index (κ1) is 12.2. The van der Waals surface area contributed by atoms with Crippen LogP contribution in [0.5, 0.6) is 0 Å². The summed E-state index contributed by atoms with van der Waals surface area (Å²) in [5.41, 5.74) is 0.361. The number of hydrogen-bond acceptors (Lipinski definition) is 3. The van der Waals surface area contributed by atoms with Gasteiger partial charge in [0.1, 0.15) is 0 Å². The second-order valence-electron chi connectivity index (χ2n) is 5.13. The maximum absolute atomic E-state index is 11.0. The van der Waals surface area contributed by atoms with Gasteiger partial charge in [-0.3, -0.25) is 0 Å². The molecule has 0 saturated heterocycles. The Balaban J connectivity index is 2.04. The Morgan fingerprint density at radius 2 is 2.28 bits per heavy atom. The number of benzene rings is 1. The van der Waals surface area contributed by atoms with Gasteiger partial charge in [-0.2, -0.15) is 0 Å². The molecule has 2 nitrogen and oxygen atoms in total. The number of rotatable bonds is 2. The van der Waals surface area contributed by atoms with Crippen LogP contribution in [0.25, 0.3) is 10.1 Å². The Hall–Kier alpha value is -0.900. The summed E-state index contributed by atoms with van der Waals surface area (Å²) < 4.78 is 6.66. The molecule has 18 heavy (non-hydrogen) atoms. The van der Waals surface area contributed by atoms with E-state index in [1.807, 2.05) is 6.07 Å². The summed E-state index contributed by atoms with van der Waals surface area (Å²) in [5.74, 6) is 0. The van der Waals surface area contributed by atoms with E-state index >= 15 is 0 Å². The van der Waals surface area contributed by atoms with Crippen molar-refractivity contribution in [3.05, 3.63) is 35.2 Å². The summed E-state index contributed by atoms with van der Waals surface area (Å²) in [5, 5.41) is 14.3. The number of fused-ring (bicyclic) bond motifs is 1. The molecule has 1 aromatic heterocycles. The molecule has 3 rings (SSSR count). The molecule has 1 heterocycles. The molecule has 1 aliphatic rings. The molecule has 3 heteroatoms. The van der Waals surface area contributed by atoms with Crippen molar-refractivity contribution in [1.29, 1.82) is 0 Å². The van der Waals surface area contributed by atoms with E-state index in [9.17, 15) is 5.11 Å². The first-order valence-corrected chi connectivity index (χ1v) is 7.33. The van der Waals surface area contributed by atoms with Gasteiger partial charge >= 0.3 is 0 Å². The number of aliphatic hydroxyl groups is 1. The van der Waals surface area contributed by atoms with Crippen molar-refractivity contribution < 1.29 is 9.84 Å². The normalized spacial score (nSPS) is 28.7. The van der Waals surface area contributed by atoms with Gasteiger partial charge in [0.2, 0.25) is 0 Å². The molecule has 2 aromatic rings. The minimum Gasteiger partial charge on any atom is -0.385 e. The zero-order valence-corrected chi connectivity index (χ0v) is 11.4. The molecular weight excluding hydrogens is 244 g/mol. The van der Waals surface area contributed by atoms with Gasteiger partial charge in [-0.25, -0.2) is 0 Å². The largest absolute Gasteiger partial charge is 0.385 e. The molecule has 0 amide bonds. The van der Waals surface area contributed by atoms with E-state index in [-0.39, 0.29) is 6.10 Å². The topological polar surface area (TPSA) is 29.5 Å². The zero-order valence-electron chi connectivity index (χ0n) is 10.6. The molecule has 0 aliphatic heterocycles. The zero-order chi connectivity index (χ0) is 12.6. The molecule has 1 fully saturated rings. The van der Waals surface area contributed by atoms with Crippen LogP contribution in [0.15, 0.2) is 29.6 Å². The number of methoxy groups -OCH3 is 1. The SMILES string of the molecule is COC1CCCC(O)(c2cccc3ccsc23)C1. The summed E-state index contributed by atoms with van der Waals surface area (Å²) in [6.45, 7) is 0. The fraction of sp³-hybridized carbons (Fsp3) is 0.467. The maximum Gasteiger partial charge on any atom is 0.0935 e. The molecule has 2 atom stereocenters. The van der Waals surface area contributed by atoms with Gasteiger partial charge in [0.15, 0.2) is 0 Å². The first-order valence-electron chi connectivity index (χ1n) is 6.45. The first-order chi connectivity index (χ1) is 8.73. The molecule has 1 N–H and O–H groups in total. The third kappa shape index (κ3) is 1.96. The second kappa shape index (κ2) is 4.65. The van der Waals surface area contributed by atoms with Gasteiger partial charge in [0.25, 0.3) is 0 Å². The van der Waals surface area contributed by atoms with Crippen molar-refractivity contribution in [2.24, 2.45) is 0 Å². The maximum atomic E-state index is 11.0. The average Bonchev–Trinajstić information content (AvgIpc) is 2.86. The average molecular weight is 262 g/mol. The second-order valence-corrected chi connectivity index (χ2v) is 6.05. The van der Waals surface area contributed by atoms with Crippen LogP contribution in [0.2, 0.25) is 0 Å². The standard InChI is InChI=1S/C15H18O2S/c1-17-12-5-3-8-15(16,10-12)13-6-2-4-11-7-9-18-14(11)13/h2,4,6-7,9,12,16H,3,5,8,10H2,1H3. The van der Waals surface area contributed by atoms with Crippen molar-refractivity contribution >= 4 is 21.4 Å². The summed E-state index contributed by atoms with van der Waals surface area (Å²) in [4.78, 5) is 0. The smallest absolute Gasteiger partial charge is 0.0935 e. The Bertz CT molecular complexity index is 548. The minimum absolute atomic E-state index is 0.180. The lowest BCUT2D eigenvalue weighted by Gasteiger charge is -2.36. The van der Waals surface area contributed by atoms with Crippen molar-refractivity contribution in [2.45, 2.75) is 37.4 Å². The van der Waals surface area contributed by atoms with Crippen molar-refractivity contribution in [3.8, 4) is 0 Å². The Morgan fingerprint density at radius 1 is 1.39 bits per heavy atom. The van der Waals surface area contributed by atoms with Crippen LogP contribution in [0, 0.1) is 0 Å². The highest BCUT2D eigenvalue weighted by atomic mass is 32.1. The van der Waals surface area contributed by atoms with Crippen LogP contribution in [0.1, 0.15) is 31.2 Å². The van der Waals surface area contributed by atoms with Crippen LogP contribution in [-0.2, 0) is 10.3 Å². The summed E-state index contributed by atoms with van der Waals surface area (Å²) >= 11 is 1.71. The highest BCUT2D eigenvalue weighted by molar-refractivity contribution is 7.17. The fourth-order valence-corrected chi connectivity index (χ4v) is 4.02. The fourth-order valence-electron chi connectivity index (χ4n) is 3.01. The van der Waals surface area contributed by atoms with E-state index in [2.05, 4.69) is 23.6 Å². The van der Waals surface area contributed by atoms with E-state index in [1.165, 1.54) is 10.1 Å². The van der Waals surface area contributed by atoms with Crippen LogP contribution in [0.4, 0.5) is 0 Å². The van der Waals surface area contributed by atoms with Crippen LogP contribution in [0.3, 0.4) is 0 Å². The van der Waals surface area contributed by atoms with Gasteiger partial charge in [0, 0.05) is 23.8 Å². The predicted octanol–water partition coefficient (Wildman–Crippen LogP) is 3.68. The molecule has 1 aliphatic carbocycles. The van der Waals surface area contributed by atoms with E-state index in [4.69, 9.17) is 4.74 Å². The third-order valence-electron chi connectivity index (χ3n) is 4.00. The molecular formula is C15H18O2S. The van der Waals surface area contributed by atoms with Gasteiger partial charge in [-0.1, -0.05) is 18.2 Å². The van der Waals surface area contributed by atoms with Crippen LogP contribution < -0.4 is 0 Å². The molecule has 96 valence electrons. The van der Waals surface area contributed by atoms with E-state index in [0.717, 1.165) is 24.8 Å². The molecule has 0 radical (unpaired) electrons. The molecule has 2 unspecified atom stereocenters. The monoisotopic (exact) mass is 262 g/mol. The van der Waals surface area contributed by atoms with E-state index < -0.39 is 5.60 Å². The molecule has 1 aromatic carbocycles. The number of thiophene rings is 1. The van der Waals surface area contributed by atoms with Gasteiger partial charge in [-0.15, -0.1) is 11.3 Å². The number of ether oxygens (including phenoxy) is 1. The van der Waals surface area contributed by atoms with Crippen molar-refractivity contribution in [2.75, 3.05) is 7.11 Å². The lowest BCUT2D eigenvalue weighted by Crippen LogP contribution is -2.35. The highest BCUT2D eigenvalue weighted by Crippen LogP contribution is 2.42. The highest BCUT2D eigenvalue weighted by Gasteiger charge is 2.37. The van der Waals surface area contributed by atoms with Crippen LogP contribution in [-0.4, -0.2) is 18.3 Å². The summed E-state index contributed by atoms with van der Waals surface area (Å²) in [6, 6.07) is 8.33. The quantitative estimate of drug-likeness (QED) is 0.894. The van der Waals surface area contributed by atoms with Crippen LogP contribution >= 0.6 is 11.3 Å². The van der Waals surface area contributed by atoms with Gasteiger partial charge < -0.3 is 9.84 Å².